The van der Waals surface area contributed by atoms with E-state index in [0.717, 1.165) is 33.8 Å². The van der Waals surface area contributed by atoms with Gasteiger partial charge in [-0.25, -0.2) is 4.98 Å². The fourth-order valence-corrected chi connectivity index (χ4v) is 3.53. The van der Waals surface area contributed by atoms with Crippen LogP contribution in [0.5, 0.6) is 5.75 Å². The molecule has 3 heterocycles. The number of aromatic nitrogens is 8. The average Bonchev–Trinajstić information content (AvgIpc) is 3.26. The number of tetrazole rings is 1. The Balaban J connectivity index is 1.59. The highest BCUT2D eigenvalue weighted by Gasteiger charge is 2.14. The van der Waals surface area contributed by atoms with Crippen LogP contribution in [-0.4, -0.2) is 46.9 Å². The zero-order valence-electron chi connectivity index (χ0n) is 14.5. The molecule has 132 valence electrons. The molecular weight excluding hydrogens is 352 g/mol. The average molecular weight is 368 g/mol. The van der Waals surface area contributed by atoms with Crippen LogP contribution >= 0.6 is 11.8 Å². The summed E-state index contributed by atoms with van der Waals surface area (Å²) in [4.78, 5) is 4.40. The predicted molar refractivity (Wildman–Crippen MR) is 95.5 cm³/mol. The summed E-state index contributed by atoms with van der Waals surface area (Å²) < 4.78 is 8.81. The van der Waals surface area contributed by atoms with Crippen molar-refractivity contribution in [1.82, 2.24) is 39.8 Å². The lowest BCUT2D eigenvalue weighted by molar-refractivity contribution is 0.414. The number of ether oxygens (including phenoxy) is 1. The minimum absolute atomic E-state index is 0.549. The van der Waals surface area contributed by atoms with Crippen molar-refractivity contribution in [1.29, 1.82) is 0 Å². The van der Waals surface area contributed by atoms with E-state index in [2.05, 4.69) is 30.7 Å². The van der Waals surface area contributed by atoms with Crippen molar-refractivity contribution in [3.63, 3.8) is 0 Å². The number of thioether (sulfide) groups is 1. The van der Waals surface area contributed by atoms with Crippen LogP contribution in [0, 0.1) is 13.8 Å². The Morgan fingerprint density at radius 3 is 2.65 bits per heavy atom. The first-order valence-corrected chi connectivity index (χ1v) is 8.88. The summed E-state index contributed by atoms with van der Waals surface area (Å²) in [6, 6.07) is 9.57. The second-order valence-corrected chi connectivity index (χ2v) is 6.59. The Labute approximate surface area is 153 Å². The van der Waals surface area contributed by atoms with E-state index in [4.69, 9.17) is 4.74 Å². The molecule has 0 saturated heterocycles. The Hall–Kier alpha value is -3.01. The first-order valence-electron chi connectivity index (χ1n) is 7.89. The number of fused-ring (bicyclic) bond motifs is 1. The second kappa shape index (κ2) is 6.71. The molecule has 0 aliphatic carbocycles. The number of methoxy groups -OCH3 is 1. The molecule has 0 saturated carbocycles. The van der Waals surface area contributed by atoms with Crippen LogP contribution < -0.4 is 4.74 Å². The fourth-order valence-electron chi connectivity index (χ4n) is 2.64. The molecule has 0 bridgehead atoms. The maximum atomic E-state index is 5.18. The van der Waals surface area contributed by atoms with Crippen LogP contribution in [0.2, 0.25) is 0 Å². The first-order chi connectivity index (χ1) is 12.7. The summed E-state index contributed by atoms with van der Waals surface area (Å²) in [6.07, 6.45) is 0. The summed E-state index contributed by atoms with van der Waals surface area (Å²) in [6.45, 7) is 3.95. The van der Waals surface area contributed by atoms with E-state index >= 15 is 0 Å². The summed E-state index contributed by atoms with van der Waals surface area (Å²) >= 11 is 1.51. The molecule has 0 spiro atoms. The van der Waals surface area contributed by atoms with Crippen molar-refractivity contribution in [2.45, 2.75) is 24.8 Å². The molecule has 0 unspecified atom stereocenters. The van der Waals surface area contributed by atoms with Crippen molar-refractivity contribution in [2.75, 3.05) is 7.11 Å². The monoisotopic (exact) mass is 368 g/mol. The van der Waals surface area contributed by atoms with E-state index in [1.807, 2.05) is 48.6 Å². The van der Waals surface area contributed by atoms with E-state index in [0.29, 0.717) is 11.5 Å². The predicted octanol–water partition coefficient (Wildman–Crippen LogP) is 2.02. The van der Waals surface area contributed by atoms with Crippen LogP contribution in [0.15, 0.2) is 35.5 Å². The van der Waals surface area contributed by atoms with Gasteiger partial charge in [0.25, 0.3) is 5.78 Å². The molecule has 4 aromatic rings. The normalized spacial score (nSPS) is 11.2. The van der Waals surface area contributed by atoms with Crippen molar-refractivity contribution < 1.29 is 4.74 Å². The van der Waals surface area contributed by atoms with Gasteiger partial charge in [-0.2, -0.15) is 4.68 Å². The van der Waals surface area contributed by atoms with E-state index in [1.54, 1.807) is 11.8 Å². The van der Waals surface area contributed by atoms with Crippen LogP contribution in [0.1, 0.15) is 17.2 Å². The summed E-state index contributed by atoms with van der Waals surface area (Å²) in [5.41, 5.74) is 2.82. The Morgan fingerprint density at radius 2 is 1.88 bits per heavy atom. The van der Waals surface area contributed by atoms with Gasteiger partial charge in [0, 0.05) is 11.4 Å². The van der Waals surface area contributed by atoms with Crippen molar-refractivity contribution in [2.24, 2.45) is 0 Å². The molecule has 9 nitrogen and oxygen atoms in total. The Kier molecular flexibility index (Phi) is 4.25. The third kappa shape index (κ3) is 2.99. The number of aryl methyl sites for hydroxylation is 2. The van der Waals surface area contributed by atoms with Crippen LogP contribution in [0.25, 0.3) is 11.5 Å². The van der Waals surface area contributed by atoms with Gasteiger partial charge in [-0.05, 0) is 54.6 Å². The SMILES string of the molecule is COc1ccc(-n2nnnc2CSc2nnc3nc(C)cc(C)n23)cc1. The maximum Gasteiger partial charge on any atom is 0.256 e. The molecule has 0 amide bonds. The zero-order chi connectivity index (χ0) is 18.1. The maximum absolute atomic E-state index is 5.18. The molecule has 0 radical (unpaired) electrons. The van der Waals surface area contributed by atoms with Gasteiger partial charge in [0.1, 0.15) is 5.75 Å². The Bertz CT molecular complexity index is 1060. The van der Waals surface area contributed by atoms with Crippen LogP contribution in [0.4, 0.5) is 0 Å². The van der Waals surface area contributed by atoms with Gasteiger partial charge in [-0.15, -0.1) is 15.3 Å². The third-order valence-electron chi connectivity index (χ3n) is 3.84. The fraction of sp³-hybridized carbons (Fsp3) is 0.250. The topological polar surface area (TPSA) is 95.9 Å². The smallest absolute Gasteiger partial charge is 0.256 e. The van der Waals surface area contributed by atoms with Crippen molar-refractivity contribution in [3.8, 4) is 11.4 Å². The van der Waals surface area contributed by atoms with Crippen LogP contribution in [0.3, 0.4) is 0 Å². The molecule has 4 rings (SSSR count). The molecule has 3 aromatic heterocycles. The quantitative estimate of drug-likeness (QED) is 0.494. The summed E-state index contributed by atoms with van der Waals surface area (Å²) in [5.74, 6) is 2.65. The van der Waals surface area contributed by atoms with E-state index in [-0.39, 0.29) is 0 Å². The number of hydrogen-bond donors (Lipinski definition) is 0. The first kappa shape index (κ1) is 16.5. The van der Waals surface area contributed by atoms with Gasteiger partial charge < -0.3 is 4.74 Å². The van der Waals surface area contributed by atoms with Crippen molar-refractivity contribution in [3.05, 3.63) is 47.5 Å². The van der Waals surface area contributed by atoms with Crippen LogP contribution in [-0.2, 0) is 5.75 Å². The van der Waals surface area contributed by atoms with Gasteiger partial charge in [-0.3, -0.25) is 4.40 Å². The van der Waals surface area contributed by atoms with Gasteiger partial charge in [0.15, 0.2) is 11.0 Å². The third-order valence-corrected chi connectivity index (χ3v) is 4.77. The number of nitrogens with zero attached hydrogens (tertiary/aromatic N) is 8. The molecule has 26 heavy (non-hydrogen) atoms. The second-order valence-electron chi connectivity index (χ2n) is 5.65. The molecule has 0 atom stereocenters. The molecule has 0 aliphatic heterocycles. The minimum Gasteiger partial charge on any atom is -0.497 e. The van der Waals surface area contributed by atoms with E-state index in [9.17, 15) is 0 Å². The number of rotatable bonds is 5. The molecule has 0 N–H and O–H groups in total. The van der Waals surface area contributed by atoms with Gasteiger partial charge >= 0.3 is 0 Å². The summed E-state index contributed by atoms with van der Waals surface area (Å²) in [7, 11) is 1.63. The molecule has 10 heteroatoms. The zero-order valence-corrected chi connectivity index (χ0v) is 15.3. The Morgan fingerprint density at radius 1 is 1.08 bits per heavy atom. The van der Waals surface area contributed by atoms with Gasteiger partial charge in [0.05, 0.1) is 18.6 Å². The highest BCUT2D eigenvalue weighted by Crippen LogP contribution is 2.23. The minimum atomic E-state index is 0.549. The van der Waals surface area contributed by atoms with Crippen molar-refractivity contribution >= 4 is 17.5 Å². The summed E-state index contributed by atoms with van der Waals surface area (Å²) in [5, 5.41) is 21.2. The number of benzene rings is 1. The largest absolute Gasteiger partial charge is 0.497 e. The molecule has 0 fully saturated rings. The highest BCUT2D eigenvalue weighted by molar-refractivity contribution is 7.98. The molecule has 1 aromatic carbocycles. The van der Waals surface area contributed by atoms with E-state index in [1.165, 1.54) is 11.8 Å². The number of hydrogen-bond acceptors (Lipinski definition) is 8. The highest BCUT2D eigenvalue weighted by atomic mass is 32.2. The lowest BCUT2D eigenvalue weighted by Gasteiger charge is -2.06. The van der Waals surface area contributed by atoms with Gasteiger partial charge in [0.2, 0.25) is 0 Å². The molecular formula is C16H16N8OS. The lowest BCUT2D eigenvalue weighted by atomic mass is 10.3. The standard InChI is InChI=1S/C16H16N8OS/c1-10-8-11(2)23-15(17-10)19-20-16(23)26-9-14-18-21-22-24(14)12-4-6-13(25-3)7-5-12/h4-8H,9H2,1-3H3. The van der Waals surface area contributed by atoms with E-state index < -0.39 is 0 Å². The van der Waals surface area contributed by atoms with Gasteiger partial charge in [-0.1, -0.05) is 11.8 Å². The molecule has 0 aliphatic rings. The lowest BCUT2D eigenvalue weighted by Crippen LogP contribution is -2.03.